The van der Waals surface area contributed by atoms with Crippen molar-refractivity contribution in [3.8, 4) is 0 Å². The average Bonchev–Trinajstić information content (AvgIpc) is 3.02. The number of carbonyl (C=O) groups excluding carboxylic acids is 3. The van der Waals surface area contributed by atoms with Crippen molar-refractivity contribution in [1.29, 1.82) is 0 Å². The zero-order valence-corrected chi connectivity index (χ0v) is 13.7. The number of carbonyl (C=O) groups is 3. The fourth-order valence-electron chi connectivity index (χ4n) is 2.83. The van der Waals surface area contributed by atoms with Crippen LogP contribution in [0.3, 0.4) is 0 Å². The number of fused-ring (bicyclic) bond motifs is 1. The number of para-hydroxylation sites is 1. The smallest absolute Gasteiger partial charge is 0.316 e. The van der Waals surface area contributed by atoms with Crippen LogP contribution in [0.2, 0.25) is 0 Å². The second-order valence-electron chi connectivity index (χ2n) is 5.63. The molecule has 2 aromatic rings. The largest absolute Gasteiger partial charge is 0.468 e. The molecule has 6 nitrogen and oxygen atoms in total. The SMILES string of the molecule is COC(=O)[C@H]1CN(C(=O)C(=O)Nc2ccc(F)cc2F)c2ccccc21. The van der Waals surface area contributed by atoms with E-state index in [1.54, 1.807) is 24.3 Å². The van der Waals surface area contributed by atoms with Crippen LogP contribution in [-0.4, -0.2) is 31.4 Å². The first kappa shape index (κ1) is 17.5. The summed E-state index contributed by atoms with van der Waals surface area (Å²) in [6, 6.07) is 9.21. The van der Waals surface area contributed by atoms with Crippen LogP contribution in [0, 0.1) is 11.6 Å². The quantitative estimate of drug-likeness (QED) is 0.658. The third-order valence-corrected chi connectivity index (χ3v) is 4.07. The molecule has 2 amide bonds. The molecular formula is C18H14F2N2O4. The molecule has 1 aliphatic heterocycles. The van der Waals surface area contributed by atoms with Crippen molar-refractivity contribution >= 4 is 29.2 Å². The van der Waals surface area contributed by atoms with Crippen LogP contribution in [0.5, 0.6) is 0 Å². The van der Waals surface area contributed by atoms with Crippen molar-refractivity contribution in [3.63, 3.8) is 0 Å². The van der Waals surface area contributed by atoms with Gasteiger partial charge in [-0.2, -0.15) is 0 Å². The Morgan fingerprint density at radius 1 is 1.15 bits per heavy atom. The van der Waals surface area contributed by atoms with Crippen LogP contribution in [-0.2, 0) is 19.1 Å². The van der Waals surface area contributed by atoms with Gasteiger partial charge in [-0.05, 0) is 23.8 Å². The Morgan fingerprint density at radius 3 is 2.58 bits per heavy atom. The van der Waals surface area contributed by atoms with Crippen LogP contribution in [0.4, 0.5) is 20.2 Å². The Labute approximate surface area is 147 Å². The second-order valence-corrected chi connectivity index (χ2v) is 5.63. The number of esters is 1. The van der Waals surface area contributed by atoms with Gasteiger partial charge in [-0.25, -0.2) is 8.78 Å². The predicted molar refractivity (Wildman–Crippen MR) is 88.5 cm³/mol. The maximum absolute atomic E-state index is 13.7. The fraction of sp³-hybridized carbons (Fsp3) is 0.167. The number of nitrogens with zero attached hydrogens (tertiary/aromatic N) is 1. The highest BCUT2D eigenvalue weighted by Crippen LogP contribution is 2.36. The van der Waals surface area contributed by atoms with Crippen molar-refractivity contribution in [2.24, 2.45) is 0 Å². The zero-order chi connectivity index (χ0) is 18.8. The highest BCUT2D eigenvalue weighted by Gasteiger charge is 2.39. The van der Waals surface area contributed by atoms with E-state index in [1.165, 1.54) is 7.11 Å². The van der Waals surface area contributed by atoms with Crippen LogP contribution in [0.25, 0.3) is 0 Å². The number of anilines is 2. The average molecular weight is 360 g/mol. The molecule has 1 atom stereocenters. The van der Waals surface area contributed by atoms with Crippen molar-refractivity contribution in [2.75, 3.05) is 23.9 Å². The molecule has 0 aliphatic carbocycles. The molecule has 1 heterocycles. The molecule has 3 rings (SSSR count). The van der Waals surface area contributed by atoms with E-state index in [9.17, 15) is 23.2 Å². The van der Waals surface area contributed by atoms with E-state index in [1.807, 2.05) is 0 Å². The Morgan fingerprint density at radius 2 is 1.88 bits per heavy atom. The maximum Gasteiger partial charge on any atom is 0.316 e. The van der Waals surface area contributed by atoms with Gasteiger partial charge in [0, 0.05) is 18.3 Å². The van der Waals surface area contributed by atoms with Gasteiger partial charge < -0.3 is 15.0 Å². The van der Waals surface area contributed by atoms with Gasteiger partial charge in [-0.1, -0.05) is 18.2 Å². The number of nitrogens with one attached hydrogen (secondary N) is 1. The number of hydrogen-bond donors (Lipinski definition) is 1. The minimum atomic E-state index is -1.10. The molecule has 0 bridgehead atoms. The molecule has 0 spiro atoms. The van der Waals surface area contributed by atoms with E-state index in [2.05, 4.69) is 5.32 Å². The van der Waals surface area contributed by atoms with Crippen molar-refractivity contribution in [3.05, 3.63) is 59.7 Å². The van der Waals surface area contributed by atoms with Gasteiger partial charge in [0.1, 0.15) is 17.6 Å². The lowest BCUT2D eigenvalue weighted by atomic mass is 10.0. The summed E-state index contributed by atoms with van der Waals surface area (Å²) in [6.45, 7) is -0.0653. The summed E-state index contributed by atoms with van der Waals surface area (Å²) in [6.07, 6.45) is 0. The molecule has 0 saturated carbocycles. The third-order valence-electron chi connectivity index (χ3n) is 4.07. The molecule has 8 heteroatoms. The van der Waals surface area contributed by atoms with E-state index < -0.39 is 35.3 Å². The fourth-order valence-corrected chi connectivity index (χ4v) is 2.83. The molecule has 0 radical (unpaired) electrons. The standard InChI is InChI=1S/C18H14F2N2O4/c1-26-18(25)12-9-22(15-5-3-2-4-11(12)15)17(24)16(23)21-14-7-6-10(19)8-13(14)20/h2-8,12H,9H2,1H3,(H,21,23)/t12-/m0/s1. The Bertz CT molecular complexity index is 901. The van der Waals surface area contributed by atoms with Gasteiger partial charge in [0.2, 0.25) is 0 Å². The van der Waals surface area contributed by atoms with E-state index >= 15 is 0 Å². The van der Waals surface area contributed by atoms with Gasteiger partial charge >= 0.3 is 17.8 Å². The first-order valence-electron chi connectivity index (χ1n) is 7.67. The highest BCUT2D eigenvalue weighted by molar-refractivity contribution is 6.44. The minimum Gasteiger partial charge on any atom is -0.468 e. The molecule has 0 fully saturated rings. The van der Waals surface area contributed by atoms with Crippen LogP contribution in [0.15, 0.2) is 42.5 Å². The first-order valence-corrected chi connectivity index (χ1v) is 7.67. The summed E-state index contributed by atoms with van der Waals surface area (Å²) < 4.78 is 31.3. The molecule has 134 valence electrons. The van der Waals surface area contributed by atoms with Gasteiger partial charge in [-0.15, -0.1) is 0 Å². The maximum atomic E-state index is 13.7. The molecule has 1 aliphatic rings. The number of amides is 2. The predicted octanol–water partition coefficient (Wildman–Crippen LogP) is 2.21. The van der Waals surface area contributed by atoms with Crippen molar-refractivity contribution < 1.29 is 27.9 Å². The second kappa shape index (κ2) is 6.91. The summed E-state index contributed by atoms with van der Waals surface area (Å²) in [7, 11) is 1.24. The van der Waals surface area contributed by atoms with Gasteiger partial charge in [0.15, 0.2) is 0 Å². The molecule has 26 heavy (non-hydrogen) atoms. The van der Waals surface area contributed by atoms with Gasteiger partial charge in [-0.3, -0.25) is 14.4 Å². The van der Waals surface area contributed by atoms with E-state index in [4.69, 9.17) is 4.74 Å². The molecular weight excluding hydrogens is 346 g/mol. The van der Waals surface area contributed by atoms with E-state index in [0.29, 0.717) is 17.3 Å². The molecule has 1 N–H and O–H groups in total. The molecule has 0 unspecified atom stereocenters. The number of hydrogen-bond acceptors (Lipinski definition) is 4. The number of methoxy groups -OCH3 is 1. The van der Waals surface area contributed by atoms with Gasteiger partial charge in [0.05, 0.1) is 12.8 Å². The van der Waals surface area contributed by atoms with Crippen LogP contribution in [0.1, 0.15) is 11.5 Å². The van der Waals surface area contributed by atoms with Crippen molar-refractivity contribution in [1.82, 2.24) is 0 Å². The summed E-state index contributed by atoms with van der Waals surface area (Å²) in [5, 5.41) is 2.11. The summed E-state index contributed by atoms with van der Waals surface area (Å²) >= 11 is 0. The highest BCUT2D eigenvalue weighted by atomic mass is 19.1. The molecule has 0 aromatic heterocycles. The summed E-state index contributed by atoms with van der Waals surface area (Å²) in [5.41, 5.74) is 0.651. The monoisotopic (exact) mass is 360 g/mol. The lowest BCUT2D eigenvalue weighted by molar-refractivity contribution is -0.142. The first-order chi connectivity index (χ1) is 12.4. The number of benzene rings is 2. The summed E-state index contributed by atoms with van der Waals surface area (Å²) in [5.74, 6) is -5.11. The Hall–Kier alpha value is -3.29. The van der Waals surface area contributed by atoms with E-state index in [0.717, 1.165) is 17.0 Å². The third kappa shape index (κ3) is 3.13. The molecule has 2 aromatic carbocycles. The van der Waals surface area contributed by atoms with Gasteiger partial charge in [0.25, 0.3) is 0 Å². The zero-order valence-electron chi connectivity index (χ0n) is 13.7. The van der Waals surface area contributed by atoms with E-state index in [-0.39, 0.29) is 12.2 Å². The lowest BCUT2D eigenvalue weighted by Crippen LogP contribution is -2.40. The van der Waals surface area contributed by atoms with Crippen molar-refractivity contribution in [2.45, 2.75) is 5.92 Å². The lowest BCUT2D eigenvalue weighted by Gasteiger charge is -2.17. The Balaban J connectivity index is 1.83. The summed E-state index contributed by atoms with van der Waals surface area (Å²) in [4.78, 5) is 37.8. The number of rotatable bonds is 2. The number of halogens is 2. The number of ether oxygens (including phenoxy) is 1. The van der Waals surface area contributed by atoms with Crippen LogP contribution >= 0.6 is 0 Å². The van der Waals surface area contributed by atoms with Crippen LogP contribution < -0.4 is 10.2 Å². The Kier molecular flexibility index (Phi) is 4.66. The minimum absolute atomic E-state index is 0.0653. The molecule has 0 saturated heterocycles. The topological polar surface area (TPSA) is 75.7 Å². The normalized spacial score (nSPS) is 15.3.